The fourth-order valence-corrected chi connectivity index (χ4v) is 3.56. The monoisotopic (exact) mass is 375 g/mol. The Hall–Kier alpha value is -2.18. The average molecular weight is 375 g/mol. The molecule has 0 aliphatic carbocycles. The summed E-state index contributed by atoms with van der Waals surface area (Å²) in [6, 6.07) is 4.09. The van der Waals surface area contributed by atoms with E-state index in [1.807, 2.05) is 32.9 Å². The third-order valence-electron chi connectivity index (χ3n) is 4.93. The molecule has 1 aliphatic rings. The summed E-state index contributed by atoms with van der Waals surface area (Å²) in [7, 11) is 1.31. The van der Waals surface area contributed by atoms with Crippen molar-refractivity contribution in [2.75, 3.05) is 26.8 Å². The van der Waals surface area contributed by atoms with Gasteiger partial charge in [0.15, 0.2) is 0 Å². The van der Waals surface area contributed by atoms with E-state index in [-0.39, 0.29) is 6.42 Å². The van der Waals surface area contributed by atoms with Gasteiger partial charge in [-0.15, -0.1) is 6.58 Å². The number of hydrogen-bond acceptors (Lipinski definition) is 6. The average Bonchev–Trinajstić information content (AvgIpc) is 2.63. The number of hydrogen-bond donors (Lipinski definition) is 0. The number of methoxy groups -OCH3 is 1. The van der Waals surface area contributed by atoms with Gasteiger partial charge in [0, 0.05) is 25.9 Å². The number of hydroxylamine groups is 2. The molecule has 6 heteroatoms. The van der Waals surface area contributed by atoms with E-state index < -0.39 is 17.5 Å². The van der Waals surface area contributed by atoms with E-state index in [1.165, 1.54) is 7.11 Å². The lowest BCUT2D eigenvalue weighted by molar-refractivity contribution is -0.210. The lowest BCUT2D eigenvalue weighted by atomic mass is 9.91. The SMILES string of the molecule is C=CCON1CCC(OC(=O)Cc2c(C)cc(C)cc2C)(C(=O)OC)CC1. The summed E-state index contributed by atoms with van der Waals surface area (Å²) < 4.78 is 10.6. The molecule has 1 aliphatic heterocycles. The van der Waals surface area contributed by atoms with Crippen LogP contribution in [-0.2, 0) is 30.3 Å². The van der Waals surface area contributed by atoms with E-state index in [0.29, 0.717) is 32.5 Å². The predicted molar refractivity (Wildman–Crippen MR) is 102 cm³/mol. The van der Waals surface area contributed by atoms with Crippen LogP contribution in [0, 0.1) is 20.8 Å². The Morgan fingerprint density at radius 1 is 1.19 bits per heavy atom. The van der Waals surface area contributed by atoms with Crippen LogP contribution in [0.3, 0.4) is 0 Å². The summed E-state index contributed by atoms with van der Waals surface area (Å²) >= 11 is 0. The van der Waals surface area contributed by atoms with Gasteiger partial charge >= 0.3 is 11.9 Å². The Labute approximate surface area is 161 Å². The van der Waals surface area contributed by atoms with Crippen LogP contribution in [-0.4, -0.2) is 49.4 Å². The van der Waals surface area contributed by atoms with Gasteiger partial charge in [-0.25, -0.2) is 4.79 Å². The van der Waals surface area contributed by atoms with Gasteiger partial charge in [0.1, 0.15) is 0 Å². The molecule has 27 heavy (non-hydrogen) atoms. The van der Waals surface area contributed by atoms with Crippen molar-refractivity contribution < 1.29 is 23.9 Å². The summed E-state index contributed by atoms with van der Waals surface area (Å²) in [5.41, 5.74) is 2.93. The fourth-order valence-electron chi connectivity index (χ4n) is 3.56. The minimum absolute atomic E-state index is 0.132. The number of rotatable bonds is 7. The van der Waals surface area contributed by atoms with Crippen LogP contribution in [0.2, 0.25) is 0 Å². The number of piperidine rings is 1. The van der Waals surface area contributed by atoms with Gasteiger partial charge in [0.05, 0.1) is 20.1 Å². The molecular formula is C21H29NO5. The number of carbonyl (C=O) groups is 2. The number of nitrogens with zero attached hydrogens (tertiary/aromatic N) is 1. The van der Waals surface area contributed by atoms with E-state index in [4.69, 9.17) is 14.3 Å². The van der Waals surface area contributed by atoms with Crippen molar-refractivity contribution in [3.05, 3.63) is 47.0 Å². The first kappa shape index (κ1) is 21.1. The van der Waals surface area contributed by atoms with Crippen LogP contribution in [0.1, 0.15) is 35.1 Å². The highest BCUT2D eigenvalue weighted by Crippen LogP contribution is 2.29. The molecule has 0 unspecified atom stereocenters. The first-order chi connectivity index (χ1) is 12.8. The molecule has 0 saturated carbocycles. The molecular weight excluding hydrogens is 346 g/mol. The summed E-state index contributed by atoms with van der Waals surface area (Å²) in [6.45, 7) is 10.9. The van der Waals surface area contributed by atoms with Crippen LogP contribution >= 0.6 is 0 Å². The van der Waals surface area contributed by atoms with Crippen molar-refractivity contribution in [3.63, 3.8) is 0 Å². The van der Waals surface area contributed by atoms with Crippen LogP contribution in [0.25, 0.3) is 0 Å². The first-order valence-electron chi connectivity index (χ1n) is 9.17. The second kappa shape index (κ2) is 9.15. The van der Waals surface area contributed by atoms with Gasteiger partial charge in [0.25, 0.3) is 0 Å². The van der Waals surface area contributed by atoms with Crippen molar-refractivity contribution in [2.45, 2.75) is 45.6 Å². The minimum atomic E-state index is -1.26. The third-order valence-corrected chi connectivity index (χ3v) is 4.93. The van der Waals surface area contributed by atoms with Crippen molar-refractivity contribution in [1.29, 1.82) is 0 Å². The summed E-state index contributed by atoms with van der Waals surface area (Å²) in [4.78, 5) is 30.6. The second-order valence-corrected chi connectivity index (χ2v) is 7.03. The molecule has 1 saturated heterocycles. The highest BCUT2D eigenvalue weighted by atomic mass is 16.7. The maximum atomic E-state index is 12.7. The van der Waals surface area contributed by atoms with Crippen LogP contribution in [0.15, 0.2) is 24.8 Å². The van der Waals surface area contributed by atoms with Crippen LogP contribution in [0.5, 0.6) is 0 Å². The number of benzene rings is 1. The zero-order chi connectivity index (χ0) is 20.0. The van der Waals surface area contributed by atoms with Crippen LogP contribution in [0.4, 0.5) is 0 Å². The molecule has 1 fully saturated rings. The molecule has 0 bridgehead atoms. The van der Waals surface area contributed by atoms with Gasteiger partial charge in [-0.3, -0.25) is 9.63 Å². The Morgan fingerprint density at radius 3 is 2.30 bits per heavy atom. The lowest BCUT2D eigenvalue weighted by Gasteiger charge is -2.38. The largest absolute Gasteiger partial charge is 0.466 e. The highest BCUT2D eigenvalue weighted by molar-refractivity contribution is 5.84. The second-order valence-electron chi connectivity index (χ2n) is 7.03. The predicted octanol–water partition coefficient (Wildman–Crippen LogP) is 2.82. The highest BCUT2D eigenvalue weighted by Gasteiger charge is 2.46. The van der Waals surface area contributed by atoms with Crippen LogP contribution < -0.4 is 0 Å². The number of carbonyl (C=O) groups excluding carboxylic acids is 2. The smallest absolute Gasteiger partial charge is 0.350 e. The molecule has 0 atom stereocenters. The topological polar surface area (TPSA) is 65.1 Å². The molecule has 6 nitrogen and oxygen atoms in total. The Kier molecular flexibility index (Phi) is 7.16. The Balaban J connectivity index is 2.10. The molecule has 0 radical (unpaired) electrons. The lowest BCUT2D eigenvalue weighted by Crippen LogP contribution is -2.52. The molecule has 1 aromatic rings. The zero-order valence-electron chi connectivity index (χ0n) is 16.7. The first-order valence-corrected chi connectivity index (χ1v) is 9.17. The number of aryl methyl sites for hydroxylation is 3. The maximum Gasteiger partial charge on any atom is 0.350 e. The molecule has 148 valence electrons. The van der Waals surface area contributed by atoms with E-state index >= 15 is 0 Å². The van der Waals surface area contributed by atoms with E-state index in [2.05, 4.69) is 6.58 Å². The number of ether oxygens (including phenoxy) is 2. The van der Waals surface area contributed by atoms with Crippen molar-refractivity contribution in [2.24, 2.45) is 0 Å². The molecule has 1 heterocycles. The molecule has 0 N–H and O–H groups in total. The van der Waals surface area contributed by atoms with Crippen molar-refractivity contribution in [1.82, 2.24) is 5.06 Å². The van der Waals surface area contributed by atoms with E-state index in [9.17, 15) is 9.59 Å². The summed E-state index contributed by atoms with van der Waals surface area (Å²) in [6.07, 6.45) is 2.45. The standard InChI is InChI=1S/C21H29NO5/c1-6-11-26-22-9-7-21(8-10-22,20(24)25-5)27-19(23)14-18-16(3)12-15(2)13-17(18)4/h6,12-13H,1,7-11,14H2,2-5H3. The summed E-state index contributed by atoms with van der Waals surface area (Å²) in [5.74, 6) is -0.938. The van der Waals surface area contributed by atoms with Crippen molar-refractivity contribution >= 4 is 11.9 Å². The summed E-state index contributed by atoms with van der Waals surface area (Å²) in [5, 5.41) is 1.75. The van der Waals surface area contributed by atoms with E-state index in [1.54, 1.807) is 11.1 Å². The molecule has 1 aromatic carbocycles. The normalized spacial score (nSPS) is 16.6. The fraction of sp³-hybridized carbons (Fsp3) is 0.524. The van der Waals surface area contributed by atoms with E-state index in [0.717, 1.165) is 22.3 Å². The molecule has 2 rings (SSSR count). The molecule has 0 amide bonds. The third kappa shape index (κ3) is 5.17. The van der Waals surface area contributed by atoms with Gasteiger partial charge in [-0.1, -0.05) is 23.8 Å². The quantitative estimate of drug-likeness (QED) is 0.539. The minimum Gasteiger partial charge on any atom is -0.466 e. The molecule has 0 spiro atoms. The maximum absolute atomic E-state index is 12.7. The van der Waals surface area contributed by atoms with Gasteiger partial charge in [-0.2, -0.15) is 5.06 Å². The van der Waals surface area contributed by atoms with Gasteiger partial charge < -0.3 is 9.47 Å². The van der Waals surface area contributed by atoms with Crippen molar-refractivity contribution in [3.8, 4) is 0 Å². The van der Waals surface area contributed by atoms with Gasteiger partial charge in [-0.05, 0) is 37.5 Å². The Bertz CT molecular complexity index is 682. The van der Waals surface area contributed by atoms with Gasteiger partial charge in [0.2, 0.25) is 5.60 Å². The number of esters is 2. The zero-order valence-corrected chi connectivity index (χ0v) is 16.7. The molecule has 0 aromatic heterocycles. The Morgan fingerprint density at radius 2 is 1.78 bits per heavy atom.